The van der Waals surface area contributed by atoms with Crippen LogP contribution in [-0.2, 0) is 9.30 Å². The molecule has 0 fully saturated rings. The summed E-state index contributed by atoms with van der Waals surface area (Å²) in [6, 6.07) is 0. The zero-order valence-corrected chi connectivity index (χ0v) is 21.4. The molecule has 0 saturated carbocycles. The standard InChI is InChI=1S/C24H50O.K.H3O4P.H/c1-5-9-13-15-19-23(17-11-7-3)21-25-22-24(18-12-8-4)20-16-14-10-6-2;;1-5(2,3)4;/h23-24H,5-22H2,1-4H3;;(H3,1,2,3,4);. The van der Waals surface area contributed by atoms with Crippen LogP contribution < -0.4 is 0 Å². The SMILES string of the molecule is CCCCCCC(CCCC)COCC(CCCC)CCCCCC.O=P(O)(O)O.[KH]. The first-order valence-corrected chi connectivity index (χ1v) is 14.2. The number of hydrogen-bond donors (Lipinski definition) is 3. The first kappa shape index (κ1) is 37.3. The molecule has 0 spiro atoms. The molecule has 31 heavy (non-hydrogen) atoms. The van der Waals surface area contributed by atoms with Gasteiger partial charge in [-0.1, -0.05) is 105 Å². The summed E-state index contributed by atoms with van der Waals surface area (Å²) in [6.45, 7) is 11.3. The molecule has 0 saturated heterocycles. The van der Waals surface area contributed by atoms with Crippen LogP contribution in [0.3, 0.4) is 0 Å². The Morgan fingerprint density at radius 3 is 1.16 bits per heavy atom. The molecular weight excluding hydrogens is 438 g/mol. The monoisotopic (exact) mass is 492 g/mol. The van der Waals surface area contributed by atoms with Crippen LogP contribution in [0.4, 0.5) is 0 Å². The van der Waals surface area contributed by atoms with Crippen molar-refractivity contribution in [1.82, 2.24) is 0 Å². The third-order valence-electron chi connectivity index (χ3n) is 5.57. The van der Waals surface area contributed by atoms with Crippen molar-refractivity contribution in [3.8, 4) is 0 Å². The van der Waals surface area contributed by atoms with E-state index >= 15 is 0 Å². The second-order valence-corrected chi connectivity index (χ2v) is 9.79. The minimum absolute atomic E-state index is 0. The van der Waals surface area contributed by atoms with Gasteiger partial charge in [-0.2, -0.15) is 0 Å². The second kappa shape index (κ2) is 27.9. The maximum absolute atomic E-state index is 8.88. The summed E-state index contributed by atoms with van der Waals surface area (Å²) >= 11 is 0. The first-order chi connectivity index (χ1) is 14.3. The molecule has 2 unspecified atom stereocenters. The molecule has 0 aliphatic rings. The van der Waals surface area contributed by atoms with E-state index < -0.39 is 7.82 Å². The Labute approximate surface area is 236 Å². The number of hydrogen-bond acceptors (Lipinski definition) is 2. The molecule has 0 aromatic heterocycles. The maximum atomic E-state index is 8.88. The molecule has 0 heterocycles. The van der Waals surface area contributed by atoms with Gasteiger partial charge in [0.1, 0.15) is 0 Å². The van der Waals surface area contributed by atoms with Crippen molar-refractivity contribution in [2.45, 2.75) is 130 Å². The van der Waals surface area contributed by atoms with E-state index in [2.05, 4.69) is 27.7 Å². The average molecular weight is 493 g/mol. The molecule has 0 aliphatic carbocycles. The number of ether oxygens (including phenoxy) is 1. The fourth-order valence-corrected chi connectivity index (χ4v) is 3.73. The van der Waals surface area contributed by atoms with Crippen LogP contribution in [0.1, 0.15) is 130 Å². The molecule has 0 radical (unpaired) electrons. The van der Waals surface area contributed by atoms with Gasteiger partial charge in [-0.25, -0.2) is 4.57 Å². The Kier molecular flexibility index (Phi) is 33.6. The van der Waals surface area contributed by atoms with E-state index in [1.165, 1.54) is 103 Å². The molecule has 0 rings (SSSR count). The third-order valence-corrected chi connectivity index (χ3v) is 5.57. The van der Waals surface area contributed by atoms with Gasteiger partial charge in [-0.15, -0.1) is 0 Å². The quantitative estimate of drug-likeness (QED) is 0.0969. The zero-order chi connectivity index (χ0) is 23.1. The van der Waals surface area contributed by atoms with Gasteiger partial charge in [0.05, 0.1) is 0 Å². The van der Waals surface area contributed by atoms with Crippen molar-refractivity contribution in [3.63, 3.8) is 0 Å². The van der Waals surface area contributed by atoms with Gasteiger partial charge in [0, 0.05) is 13.2 Å². The van der Waals surface area contributed by atoms with Crippen LogP contribution in [0.2, 0.25) is 0 Å². The van der Waals surface area contributed by atoms with E-state index in [0.717, 1.165) is 25.0 Å². The van der Waals surface area contributed by atoms with Crippen LogP contribution in [0, 0.1) is 11.8 Å². The summed E-state index contributed by atoms with van der Waals surface area (Å²) in [5.41, 5.74) is 0. The van der Waals surface area contributed by atoms with Gasteiger partial charge in [0.2, 0.25) is 0 Å². The van der Waals surface area contributed by atoms with Crippen molar-refractivity contribution in [2.24, 2.45) is 11.8 Å². The zero-order valence-electron chi connectivity index (χ0n) is 20.5. The molecule has 0 amide bonds. The van der Waals surface area contributed by atoms with Crippen LogP contribution in [0.5, 0.6) is 0 Å². The Hall–Kier alpha value is 1.71. The molecule has 0 aromatic rings. The third kappa shape index (κ3) is 36.4. The second-order valence-electron chi connectivity index (χ2n) is 8.77. The molecule has 3 N–H and O–H groups in total. The molecule has 0 aliphatic heterocycles. The normalized spacial score (nSPS) is 13.1. The van der Waals surface area contributed by atoms with E-state index in [1.54, 1.807) is 0 Å². The minimum atomic E-state index is -4.64. The summed E-state index contributed by atoms with van der Waals surface area (Å²) in [6.07, 6.45) is 22.0. The van der Waals surface area contributed by atoms with E-state index in [4.69, 9.17) is 24.0 Å². The Bertz CT molecular complexity index is 347. The Balaban J connectivity index is -0.00000116. The van der Waals surface area contributed by atoms with Gasteiger partial charge in [-0.05, 0) is 37.5 Å². The predicted molar refractivity (Wildman–Crippen MR) is 136 cm³/mol. The van der Waals surface area contributed by atoms with Gasteiger partial charge in [-0.3, -0.25) is 0 Å². The van der Waals surface area contributed by atoms with Crippen LogP contribution in [0.15, 0.2) is 0 Å². The van der Waals surface area contributed by atoms with Crippen LogP contribution in [0.25, 0.3) is 0 Å². The summed E-state index contributed by atoms with van der Waals surface area (Å²) in [7, 11) is -4.64. The van der Waals surface area contributed by atoms with E-state index in [0.29, 0.717) is 0 Å². The first-order valence-electron chi connectivity index (χ1n) is 12.6. The van der Waals surface area contributed by atoms with Crippen molar-refractivity contribution < 1.29 is 24.0 Å². The van der Waals surface area contributed by atoms with Gasteiger partial charge < -0.3 is 19.4 Å². The number of unbranched alkanes of at least 4 members (excludes halogenated alkanes) is 8. The van der Waals surface area contributed by atoms with Gasteiger partial charge in [0.15, 0.2) is 0 Å². The molecule has 2 atom stereocenters. The fraction of sp³-hybridized carbons (Fsp3) is 1.00. The molecule has 7 heteroatoms. The van der Waals surface area contributed by atoms with E-state index in [1.807, 2.05) is 0 Å². The van der Waals surface area contributed by atoms with Crippen molar-refractivity contribution in [1.29, 1.82) is 0 Å². The Morgan fingerprint density at radius 1 is 0.581 bits per heavy atom. The van der Waals surface area contributed by atoms with Crippen molar-refractivity contribution >= 4 is 59.2 Å². The Morgan fingerprint density at radius 2 is 0.871 bits per heavy atom. The summed E-state index contributed by atoms with van der Waals surface area (Å²) in [5, 5.41) is 0. The van der Waals surface area contributed by atoms with Gasteiger partial charge >= 0.3 is 59.2 Å². The summed E-state index contributed by atoms with van der Waals surface area (Å²) in [4.78, 5) is 21.6. The molecule has 5 nitrogen and oxygen atoms in total. The number of phosphoric acid groups is 1. The predicted octanol–water partition coefficient (Wildman–Crippen LogP) is 6.98. The summed E-state index contributed by atoms with van der Waals surface area (Å²) in [5.74, 6) is 1.62. The summed E-state index contributed by atoms with van der Waals surface area (Å²) < 4.78 is 15.1. The van der Waals surface area contributed by atoms with Crippen LogP contribution >= 0.6 is 7.82 Å². The topological polar surface area (TPSA) is 87.0 Å². The fourth-order valence-electron chi connectivity index (χ4n) is 3.73. The molecule has 0 bridgehead atoms. The number of rotatable bonds is 20. The van der Waals surface area contributed by atoms with E-state index in [-0.39, 0.29) is 51.4 Å². The van der Waals surface area contributed by atoms with Crippen molar-refractivity contribution in [3.05, 3.63) is 0 Å². The van der Waals surface area contributed by atoms with Gasteiger partial charge in [0.25, 0.3) is 0 Å². The molecule has 186 valence electrons. The van der Waals surface area contributed by atoms with Crippen molar-refractivity contribution in [2.75, 3.05) is 13.2 Å². The molecular formula is C24H54KO5P. The average Bonchev–Trinajstić information content (AvgIpc) is 2.68. The van der Waals surface area contributed by atoms with E-state index in [9.17, 15) is 0 Å². The molecule has 0 aromatic carbocycles. The van der Waals surface area contributed by atoms with Crippen LogP contribution in [-0.4, -0.2) is 79.3 Å².